The molecule has 0 aromatic rings. The molecule has 0 aromatic heterocycles. The number of morpholine rings is 1. The molecule has 0 radical (unpaired) electrons. The Kier molecular flexibility index (Phi) is 4.99. The van der Waals surface area contributed by atoms with Gasteiger partial charge in [0.15, 0.2) is 0 Å². The number of carbonyl (C=O) groups excluding carboxylic acids is 2. The van der Waals surface area contributed by atoms with Crippen molar-refractivity contribution in [1.82, 2.24) is 10.2 Å². The molecule has 1 saturated carbocycles. The highest BCUT2D eigenvalue weighted by Gasteiger charge is 2.46. The monoisotopic (exact) mass is 284 g/mol. The normalized spacial score (nSPS) is 25.3. The molecule has 0 bridgehead atoms. The van der Waals surface area contributed by atoms with Gasteiger partial charge >= 0.3 is 5.97 Å². The molecule has 2 unspecified atom stereocenters. The molecule has 1 heterocycles. The van der Waals surface area contributed by atoms with Gasteiger partial charge in [0, 0.05) is 12.6 Å². The second-order valence-electron chi connectivity index (χ2n) is 5.80. The van der Waals surface area contributed by atoms with Gasteiger partial charge in [-0.1, -0.05) is 0 Å². The summed E-state index contributed by atoms with van der Waals surface area (Å²) in [6.45, 7) is 5.31. The van der Waals surface area contributed by atoms with E-state index in [0.29, 0.717) is 25.7 Å². The Balaban J connectivity index is 2.12. The fraction of sp³-hybridized carbons (Fsp3) is 0.857. The van der Waals surface area contributed by atoms with Crippen molar-refractivity contribution in [2.75, 3.05) is 26.9 Å². The molecule has 1 aliphatic heterocycles. The lowest BCUT2D eigenvalue weighted by Crippen LogP contribution is -2.60. The van der Waals surface area contributed by atoms with Crippen molar-refractivity contribution in [1.29, 1.82) is 0 Å². The average Bonchev–Trinajstić information content (AvgIpc) is 3.23. The van der Waals surface area contributed by atoms with Crippen LogP contribution in [0, 0.1) is 5.92 Å². The Morgan fingerprint density at radius 1 is 1.35 bits per heavy atom. The third-order valence-corrected chi connectivity index (χ3v) is 3.77. The van der Waals surface area contributed by atoms with Crippen LogP contribution < -0.4 is 5.32 Å². The van der Waals surface area contributed by atoms with Gasteiger partial charge in [-0.3, -0.25) is 14.5 Å². The highest BCUT2D eigenvalue weighted by Crippen LogP contribution is 2.37. The summed E-state index contributed by atoms with van der Waals surface area (Å²) >= 11 is 0. The highest BCUT2D eigenvalue weighted by atomic mass is 16.5. The lowest BCUT2D eigenvalue weighted by Gasteiger charge is -2.39. The summed E-state index contributed by atoms with van der Waals surface area (Å²) in [5, 5.41) is 2.90. The number of methoxy groups -OCH3 is 1. The molecule has 0 spiro atoms. The number of esters is 1. The first-order valence-electron chi connectivity index (χ1n) is 7.26. The van der Waals surface area contributed by atoms with Gasteiger partial charge in [-0.05, 0) is 32.6 Å². The van der Waals surface area contributed by atoms with Gasteiger partial charge in [0.2, 0.25) is 5.91 Å². The minimum absolute atomic E-state index is 0.0729. The molecule has 20 heavy (non-hydrogen) atoms. The van der Waals surface area contributed by atoms with Crippen LogP contribution in [0.5, 0.6) is 0 Å². The maximum Gasteiger partial charge on any atom is 0.323 e. The number of ether oxygens (including phenoxy) is 2. The predicted molar refractivity (Wildman–Crippen MR) is 73.1 cm³/mol. The molecule has 1 amide bonds. The summed E-state index contributed by atoms with van der Waals surface area (Å²) in [5.74, 6) is 0.000833. The van der Waals surface area contributed by atoms with Gasteiger partial charge in [-0.25, -0.2) is 0 Å². The summed E-state index contributed by atoms with van der Waals surface area (Å²) in [6, 6.07) is -0.647. The zero-order valence-electron chi connectivity index (χ0n) is 12.4. The van der Waals surface area contributed by atoms with E-state index in [1.54, 1.807) is 0 Å². The number of hydrogen-bond acceptors (Lipinski definition) is 5. The molecule has 1 aliphatic carbocycles. The van der Waals surface area contributed by atoms with Crippen molar-refractivity contribution in [3.05, 3.63) is 0 Å². The van der Waals surface area contributed by atoms with Crippen LogP contribution in [0.2, 0.25) is 0 Å². The molecular weight excluding hydrogens is 260 g/mol. The van der Waals surface area contributed by atoms with Crippen LogP contribution in [0.1, 0.15) is 26.7 Å². The maximum absolute atomic E-state index is 12.3. The van der Waals surface area contributed by atoms with Gasteiger partial charge in [-0.15, -0.1) is 0 Å². The second-order valence-corrected chi connectivity index (χ2v) is 5.80. The standard InChI is InChI=1S/C14H24N2O4/c1-9(2)15-13(17)11-8-20-7-6-16(11)12(10-4-5-10)14(18)19-3/h9-12H,4-8H2,1-3H3,(H,15,17). The minimum Gasteiger partial charge on any atom is -0.468 e. The lowest BCUT2D eigenvalue weighted by atomic mass is 10.1. The average molecular weight is 284 g/mol. The van der Waals surface area contributed by atoms with E-state index in [1.807, 2.05) is 18.7 Å². The Morgan fingerprint density at radius 2 is 2.05 bits per heavy atom. The predicted octanol–water partition coefficient (Wildman–Crippen LogP) is 0.163. The Bertz CT molecular complexity index is 368. The van der Waals surface area contributed by atoms with Crippen LogP contribution in [-0.4, -0.2) is 61.8 Å². The summed E-state index contributed by atoms with van der Waals surface area (Å²) in [6.07, 6.45) is 2.05. The number of nitrogens with one attached hydrogen (secondary N) is 1. The van der Waals surface area contributed by atoms with Crippen molar-refractivity contribution >= 4 is 11.9 Å². The first kappa shape index (κ1) is 15.3. The van der Waals surface area contributed by atoms with Crippen molar-refractivity contribution in [2.45, 2.75) is 44.8 Å². The molecule has 6 nitrogen and oxygen atoms in total. The van der Waals surface area contributed by atoms with E-state index < -0.39 is 6.04 Å². The minimum atomic E-state index is -0.407. The van der Waals surface area contributed by atoms with E-state index in [0.717, 1.165) is 12.8 Å². The Morgan fingerprint density at radius 3 is 2.60 bits per heavy atom. The van der Waals surface area contributed by atoms with Crippen LogP contribution in [0.3, 0.4) is 0 Å². The van der Waals surface area contributed by atoms with Crippen LogP contribution >= 0.6 is 0 Å². The van der Waals surface area contributed by atoms with E-state index in [1.165, 1.54) is 7.11 Å². The van der Waals surface area contributed by atoms with Crippen molar-refractivity contribution < 1.29 is 19.1 Å². The summed E-state index contributed by atoms with van der Waals surface area (Å²) in [5.41, 5.74) is 0. The first-order chi connectivity index (χ1) is 9.54. The van der Waals surface area contributed by atoms with Crippen molar-refractivity contribution in [3.8, 4) is 0 Å². The molecule has 1 N–H and O–H groups in total. The number of amides is 1. The Hall–Kier alpha value is -1.14. The van der Waals surface area contributed by atoms with E-state index in [2.05, 4.69) is 5.32 Å². The molecule has 2 fully saturated rings. The number of hydrogen-bond donors (Lipinski definition) is 1. The van der Waals surface area contributed by atoms with Gasteiger partial charge in [-0.2, -0.15) is 0 Å². The van der Waals surface area contributed by atoms with Crippen LogP contribution in [0.4, 0.5) is 0 Å². The molecule has 2 rings (SSSR count). The summed E-state index contributed by atoms with van der Waals surface area (Å²) < 4.78 is 10.3. The van der Waals surface area contributed by atoms with Crippen molar-refractivity contribution in [2.24, 2.45) is 5.92 Å². The molecule has 2 atom stereocenters. The van der Waals surface area contributed by atoms with E-state index in [-0.39, 0.29) is 24.0 Å². The third kappa shape index (κ3) is 3.49. The van der Waals surface area contributed by atoms with E-state index >= 15 is 0 Å². The fourth-order valence-corrected chi connectivity index (χ4v) is 2.69. The third-order valence-electron chi connectivity index (χ3n) is 3.77. The SMILES string of the molecule is COC(=O)C(C1CC1)N1CCOCC1C(=O)NC(C)C. The van der Waals surface area contributed by atoms with Crippen LogP contribution in [-0.2, 0) is 19.1 Å². The molecule has 0 aromatic carbocycles. The first-order valence-corrected chi connectivity index (χ1v) is 7.26. The fourth-order valence-electron chi connectivity index (χ4n) is 2.69. The second kappa shape index (κ2) is 6.54. The van der Waals surface area contributed by atoms with E-state index in [9.17, 15) is 9.59 Å². The maximum atomic E-state index is 12.3. The van der Waals surface area contributed by atoms with Gasteiger partial charge < -0.3 is 14.8 Å². The summed E-state index contributed by atoms with van der Waals surface area (Å²) in [7, 11) is 1.40. The number of carbonyl (C=O) groups is 2. The van der Waals surface area contributed by atoms with Crippen LogP contribution in [0.15, 0.2) is 0 Å². The van der Waals surface area contributed by atoms with Gasteiger partial charge in [0.25, 0.3) is 0 Å². The molecular formula is C14H24N2O4. The molecule has 1 saturated heterocycles. The van der Waals surface area contributed by atoms with E-state index in [4.69, 9.17) is 9.47 Å². The number of rotatable bonds is 5. The quantitative estimate of drug-likeness (QED) is 0.729. The molecule has 114 valence electrons. The topological polar surface area (TPSA) is 67.9 Å². The number of nitrogens with zero attached hydrogens (tertiary/aromatic N) is 1. The zero-order chi connectivity index (χ0) is 14.7. The molecule has 2 aliphatic rings. The Labute approximate surface area is 119 Å². The largest absolute Gasteiger partial charge is 0.468 e. The molecule has 6 heteroatoms. The van der Waals surface area contributed by atoms with Crippen LogP contribution in [0.25, 0.3) is 0 Å². The lowest BCUT2D eigenvalue weighted by molar-refractivity contribution is -0.155. The highest BCUT2D eigenvalue weighted by molar-refractivity contribution is 5.84. The van der Waals surface area contributed by atoms with Crippen molar-refractivity contribution in [3.63, 3.8) is 0 Å². The zero-order valence-corrected chi connectivity index (χ0v) is 12.4. The summed E-state index contributed by atoms with van der Waals surface area (Å²) in [4.78, 5) is 26.3. The smallest absolute Gasteiger partial charge is 0.323 e. The van der Waals surface area contributed by atoms with Gasteiger partial charge in [0.1, 0.15) is 12.1 Å². The van der Waals surface area contributed by atoms with Gasteiger partial charge in [0.05, 0.1) is 20.3 Å².